The van der Waals surface area contributed by atoms with E-state index < -0.39 is 0 Å². The molecular formula is C24H32N2O2. The van der Waals surface area contributed by atoms with Gasteiger partial charge in [0.15, 0.2) is 11.5 Å². The highest BCUT2D eigenvalue weighted by atomic mass is 16.5. The molecule has 2 aliphatic rings. The minimum absolute atomic E-state index is 0.334. The molecule has 150 valence electrons. The van der Waals surface area contributed by atoms with Gasteiger partial charge in [0.1, 0.15) is 0 Å². The number of anilines is 1. The molecule has 1 aliphatic carbocycles. The Morgan fingerprint density at radius 3 is 2.68 bits per heavy atom. The van der Waals surface area contributed by atoms with Crippen LogP contribution in [0.25, 0.3) is 0 Å². The summed E-state index contributed by atoms with van der Waals surface area (Å²) in [5.74, 6) is 1.73. The van der Waals surface area contributed by atoms with Crippen LogP contribution in [0.5, 0.6) is 11.5 Å². The molecule has 4 nitrogen and oxygen atoms in total. The van der Waals surface area contributed by atoms with Crippen molar-refractivity contribution in [1.29, 1.82) is 0 Å². The summed E-state index contributed by atoms with van der Waals surface area (Å²) in [4.78, 5) is 2.47. The predicted molar refractivity (Wildman–Crippen MR) is 115 cm³/mol. The number of nitrogens with zero attached hydrogens (tertiary/aromatic N) is 1. The van der Waals surface area contributed by atoms with Crippen molar-refractivity contribution < 1.29 is 9.47 Å². The molecule has 0 radical (unpaired) electrons. The van der Waals surface area contributed by atoms with Crippen LogP contribution in [0.3, 0.4) is 0 Å². The first-order valence-electron chi connectivity index (χ1n) is 10.6. The lowest BCUT2D eigenvalue weighted by atomic mass is 9.99. The van der Waals surface area contributed by atoms with E-state index in [1.165, 1.54) is 29.7 Å². The second kappa shape index (κ2) is 8.87. The van der Waals surface area contributed by atoms with Gasteiger partial charge in [0.2, 0.25) is 0 Å². The Morgan fingerprint density at radius 2 is 1.89 bits per heavy atom. The van der Waals surface area contributed by atoms with Crippen molar-refractivity contribution in [1.82, 2.24) is 5.32 Å². The number of nitrogens with one attached hydrogen (secondary N) is 1. The van der Waals surface area contributed by atoms with Crippen molar-refractivity contribution >= 4 is 5.69 Å². The summed E-state index contributed by atoms with van der Waals surface area (Å²) < 4.78 is 11.9. The van der Waals surface area contributed by atoms with Crippen molar-refractivity contribution in [2.45, 2.75) is 51.2 Å². The van der Waals surface area contributed by atoms with E-state index in [2.05, 4.69) is 59.6 Å². The zero-order valence-electron chi connectivity index (χ0n) is 17.1. The molecule has 0 spiro atoms. The minimum atomic E-state index is 0.334. The summed E-state index contributed by atoms with van der Waals surface area (Å²) in [6.07, 6.45) is 6.24. The van der Waals surface area contributed by atoms with Gasteiger partial charge >= 0.3 is 0 Å². The maximum absolute atomic E-state index is 6.30. The summed E-state index contributed by atoms with van der Waals surface area (Å²) in [5, 5.41) is 3.69. The van der Waals surface area contributed by atoms with Gasteiger partial charge in [0, 0.05) is 37.4 Å². The highest BCUT2D eigenvalue weighted by Crippen LogP contribution is 2.35. The van der Waals surface area contributed by atoms with Crippen LogP contribution in [0.4, 0.5) is 5.69 Å². The first-order chi connectivity index (χ1) is 13.7. The molecule has 1 atom stereocenters. The van der Waals surface area contributed by atoms with Gasteiger partial charge in [-0.15, -0.1) is 0 Å². The third-order valence-electron chi connectivity index (χ3n) is 6.09. The maximum Gasteiger partial charge on any atom is 0.163 e. The zero-order valence-corrected chi connectivity index (χ0v) is 17.1. The Morgan fingerprint density at radius 1 is 1.07 bits per heavy atom. The molecule has 2 aromatic rings. The Kier molecular flexibility index (Phi) is 6.06. The van der Waals surface area contributed by atoms with Gasteiger partial charge in [-0.1, -0.05) is 24.3 Å². The molecule has 0 bridgehead atoms. The Bertz CT molecular complexity index is 786. The first-order valence-corrected chi connectivity index (χ1v) is 10.6. The number of rotatable bonds is 6. The highest BCUT2D eigenvalue weighted by Gasteiger charge is 2.23. The summed E-state index contributed by atoms with van der Waals surface area (Å²) in [6.45, 7) is 5.22. The van der Waals surface area contributed by atoms with Crippen LogP contribution in [-0.4, -0.2) is 38.9 Å². The van der Waals surface area contributed by atoms with E-state index in [1.54, 1.807) is 7.11 Å². The van der Waals surface area contributed by atoms with E-state index in [9.17, 15) is 0 Å². The number of aryl methyl sites for hydroxylation is 1. The van der Waals surface area contributed by atoms with Crippen molar-refractivity contribution in [2.24, 2.45) is 0 Å². The normalized spacial score (nSPS) is 20.4. The molecule has 0 amide bonds. The van der Waals surface area contributed by atoms with Gasteiger partial charge in [-0.3, -0.25) is 0 Å². The lowest BCUT2D eigenvalue weighted by Crippen LogP contribution is -2.51. The van der Waals surface area contributed by atoms with E-state index in [1.807, 2.05) is 0 Å². The van der Waals surface area contributed by atoms with E-state index in [0.29, 0.717) is 12.1 Å². The largest absolute Gasteiger partial charge is 0.493 e. The van der Waals surface area contributed by atoms with Crippen LogP contribution in [0.1, 0.15) is 36.8 Å². The molecule has 1 saturated heterocycles. The molecule has 0 aromatic heterocycles. The average molecular weight is 381 g/mol. The molecule has 1 saturated carbocycles. The molecular weight excluding hydrogens is 348 g/mol. The number of hydrogen-bond donors (Lipinski definition) is 1. The van der Waals surface area contributed by atoms with Crippen LogP contribution >= 0.6 is 0 Å². The fraction of sp³-hybridized carbons (Fsp3) is 0.500. The van der Waals surface area contributed by atoms with Crippen molar-refractivity contribution in [3.05, 3.63) is 53.6 Å². The summed E-state index contributed by atoms with van der Waals surface area (Å²) in [7, 11) is 1.72. The van der Waals surface area contributed by atoms with E-state index in [4.69, 9.17) is 9.47 Å². The lowest BCUT2D eigenvalue weighted by Gasteiger charge is -2.36. The summed E-state index contributed by atoms with van der Waals surface area (Å²) >= 11 is 0. The highest BCUT2D eigenvalue weighted by molar-refractivity contribution is 5.57. The van der Waals surface area contributed by atoms with Gasteiger partial charge in [-0.25, -0.2) is 0 Å². The molecule has 28 heavy (non-hydrogen) atoms. The third-order valence-corrected chi connectivity index (χ3v) is 6.09. The van der Waals surface area contributed by atoms with Crippen molar-refractivity contribution in [2.75, 3.05) is 31.6 Å². The Labute approximate surface area is 168 Å². The summed E-state index contributed by atoms with van der Waals surface area (Å²) in [5.41, 5.74) is 4.03. The minimum Gasteiger partial charge on any atom is -0.493 e. The second-order valence-electron chi connectivity index (χ2n) is 8.09. The molecule has 0 unspecified atom stereocenters. The van der Waals surface area contributed by atoms with Gasteiger partial charge in [0.05, 0.1) is 13.2 Å². The maximum atomic E-state index is 6.30. The Hall–Kier alpha value is -2.20. The number of benzene rings is 2. The van der Waals surface area contributed by atoms with Crippen LogP contribution in [0.2, 0.25) is 0 Å². The second-order valence-corrected chi connectivity index (χ2v) is 8.09. The summed E-state index contributed by atoms with van der Waals surface area (Å²) in [6, 6.07) is 15.5. The Balaban J connectivity index is 1.47. The van der Waals surface area contributed by atoms with E-state index >= 15 is 0 Å². The van der Waals surface area contributed by atoms with Crippen LogP contribution in [-0.2, 0) is 6.42 Å². The molecule has 4 heteroatoms. The topological polar surface area (TPSA) is 33.7 Å². The van der Waals surface area contributed by atoms with Crippen molar-refractivity contribution in [3.8, 4) is 11.5 Å². The quantitative estimate of drug-likeness (QED) is 0.808. The number of ether oxygens (including phenoxy) is 2. The molecule has 1 aliphatic heterocycles. The monoisotopic (exact) mass is 380 g/mol. The predicted octanol–water partition coefficient (Wildman–Crippen LogP) is 4.35. The average Bonchev–Trinajstić information content (AvgIpc) is 3.23. The molecule has 2 aromatic carbocycles. The van der Waals surface area contributed by atoms with Gasteiger partial charge in [-0.2, -0.15) is 0 Å². The molecule has 1 N–H and O–H groups in total. The van der Waals surface area contributed by atoms with Gasteiger partial charge in [-0.05, 0) is 62.3 Å². The fourth-order valence-corrected chi connectivity index (χ4v) is 4.44. The zero-order chi connectivity index (χ0) is 19.3. The smallest absolute Gasteiger partial charge is 0.163 e. The number of methoxy groups -OCH3 is 1. The third kappa shape index (κ3) is 4.44. The molecule has 2 fully saturated rings. The number of piperazine rings is 1. The number of hydrogen-bond acceptors (Lipinski definition) is 4. The lowest BCUT2D eigenvalue weighted by molar-refractivity contribution is 0.201. The van der Waals surface area contributed by atoms with Crippen LogP contribution < -0.4 is 19.7 Å². The SMILES string of the molecule is COc1ccc(N2CCN[C@@H](Cc3ccccc3C)C2)cc1OC1CCCC1. The van der Waals surface area contributed by atoms with Gasteiger partial charge in [0.25, 0.3) is 0 Å². The van der Waals surface area contributed by atoms with Crippen LogP contribution in [0, 0.1) is 6.92 Å². The molecule has 1 heterocycles. The van der Waals surface area contributed by atoms with E-state index in [0.717, 1.165) is 50.4 Å². The first kappa shape index (κ1) is 19.1. The van der Waals surface area contributed by atoms with E-state index in [-0.39, 0.29) is 0 Å². The van der Waals surface area contributed by atoms with Crippen LogP contribution in [0.15, 0.2) is 42.5 Å². The van der Waals surface area contributed by atoms with Gasteiger partial charge < -0.3 is 19.7 Å². The van der Waals surface area contributed by atoms with Crippen molar-refractivity contribution in [3.63, 3.8) is 0 Å². The fourth-order valence-electron chi connectivity index (χ4n) is 4.44. The standard InChI is InChI=1S/C24H32N2O2/c1-18-7-3-4-8-19(18)15-20-17-26(14-13-25-20)21-11-12-23(27-2)24(16-21)28-22-9-5-6-10-22/h3-4,7-8,11-12,16,20,22,25H,5-6,9-10,13-15,17H2,1-2H3/t20-/m0/s1. The molecule has 4 rings (SSSR count).